The largest absolute Gasteiger partial charge is 0.396 e. The number of carbonyl (C=O) groups is 1. The Morgan fingerprint density at radius 1 is 0.569 bits per heavy atom. The molecule has 72 heavy (non-hydrogen) atoms. The van der Waals surface area contributed by atoms with Crippen LogP contribution in [0, 0.1) is 69.0 Å². The molecule has 2 saturated heterocycles. The molecule has 0 aromatic carbocycles. The summed E-state index contributed by atoms with van der Waals surface area (Å²) >= 11 is 0. The minimum absolute atomic E-state index is 0.0395. The Bertz CT molecular complexity index is 1900. The fourth-order valence-corrected chi connectivity index (χ4v) is 19.3. The number of fused-ring (bicyclic) bond motifs is 6. The number of rotatable bonds is 14. The number of hydrogen-bond acceptors (Lipinski definition) is 16. The van der Waals surface area contributed by atoms with E-state index in [1.807, 2.05) is 27.7 Å². The number of carbonyl (C=O) groups excluding carboxylic acids is 1. The van der Waals surface area contributed by atoms with Gasteiger partial charge in [-0.1, -0.05) is 27.7 Å². The van der Waals surface area contributed by atoms with Gasteiger partial charge < -0.3 is 77.0 Å². The quantitative estimate of drug-likeness (QED) is 0.117. The molecule has 2 spiro atoms. The topological polar surface area (TPSA) is 189 Å². The van der Waals surface area contributed by atoms with Crippen molar-refractivity contribution < 1.29 is 77.0 Å². The minimum Gasteiger partial charge on any atom is -0.396 e. The van der Waals surface area contributed by atoms with Crippen molar-refractivity contribution in [2.24, 2.45) is 69.0 Å². The Kier molecular flexibility index (Phi) is 15.6. The lowest BCUT2D eigenvalue weighted by Gasteiger charge is -2.71. The highest BCUT2D eigenvalue weighted by Gasteiger charge is 2.79. The number of hydrogen-bond donors (Lipinski definition) is 3. The zero-order chi connectivity index (χ0) is 52.0. The predicted molar refractivity (Wildman–Crippen MR) is 263 cm³/mol. The van der Waals surface area contributed by atoms with Crippen LogP contribution < -0.4 is 0 Å². The van der Waals surface area contributed by atoms with Crippen LogP contribution in [-0.2, 0) is 61.6 Å². The van der Waals surface area contributed by atoms with Gasteiger partial charge in [0, 0.05) is 63.6 Å². The molecule has 8 saturated carbocycles. The second kappa shape index (κ2) is 20.1. The van der Waals surface area contributed by atoms with E-state index < -0.39 is 50.2 Å². The molecule has 2 heterocycles. The number of aliphatic hydroxyl groups excluding tert-OH is 1. The molecule has 0 radical (unpaired) electrons. The van der Waals surface area contributed by atoms with Crippen LogP contribution in [0.4, 0.5) is 0 Å². The Balaban J connectivity index is 0.000000178. The summed E-state index contributed by atoms with van der Waals surface area (Å²) in [5.74, 6) is -0.677. The van der Waals surface area contributed by atoms with E-state index in [1.54, 1.807) is 28.4 Å². The van der Waals surface area contributed by atoms with E-state index in [9.17, 15) is 20.1 Å². The molecule has 20 atom stereocenters. The van der Waals surface area contributed by atoms with Crippen LogP contribution >= 0.6 is 0 Å². The fourth-order valence-electron chi connectivity index (χ4n) is 19.3. The highest BCUT2D eigenvalue weighted by molar-refractivity contribution is 5.57. The summed E-state index contributed by atoms with van der Waals surface area (Å²) in [6.07, 6.45) is 11.3. The fraction of sp³-hybridized carbons (Fsp3) is 0.982. The molecule has 0 bridgehead atoms. The van der Waals surface area contributed by atoms with Gasteiger partial charge in [0.15, 0.2) is 11.6 Å². The maximum Gasteiger partial charge on any atom is 0.163 e. The summed E-state index contributed by atoms with van der Waals surface area (Å²) in [5, 5.41) is 35.4. The summed E-state index contributed by atoms with van der Waals surface area (Å²) in [6, 6.07) is 0. The maximum absolute atomic E-state index is 12.5. The first kappa shape index (κ1) is 55.8. The molecule has 2 aliphatic heterocycles. The van der Waals surface area contributed by atoms with E-state index in [0.717, 1.165) is 76.9 Å². The van der Waals surface area contributed by atoms with Crippen LogP contribution in [0.1, 0.15) is 145 Å². The molecular weight excluding hydrogens is 929 g/mol. The van der Waals surface area contributed by atoms with Crippen LogP contribution in [0.15, 0.2) is 0 Å². The predicted octanol–water partition coefficient (Wildman–Crippen LogP) is 7.15. The first-order chi connectivity index (χ1) is 34.0. The normalized spacial score (nSPS) is 51.6. The van der Waals surface area contributed by atoms with Gasteiger partial charge in [-0.25, -0.2) is 0 Å². The van der Waals surface area contributed by atoms with Crippen LogP contribution in [0.5, 0.6) is 0 Å². The van der Waals surface area contributed by atoms with Gasteiger partial charge in [0.1, 0.15) is 33.5 Å². The Hall–Kier alpha value is -0.930. The maximum atomic E-state index is 12.5. The van der Waals surface area contributed by atoms with Crippen LogP contribution in [0.3, 0.4) is 0 Å². The Labute approximate surface area is 430 Å². The number of aldehydes is 1. The van der Waals surface area contributed by atoms with Gasteiger partial charge >= 0.3 is 0 Å². The molecule has 0 amide bonds. The molecule has 0 aromatic rings. The zero-order valence-corrected chi connectivity index (χ0v) is 46.0. The SMILES string of the molecule is COCO[C@@H]1C[C@]2(C)[C@@H](C=O)CC[C@]2(OCOC)C2CC[C@]3(O)C[C@@H](C)C[C@H]4OC(C)(C)OC[C@]43C21.COCO[C@@H]1C[C@]2(C)[C@@H](CO)CC[C@]2(OCOC)C2CC[C@]3(O)C[C@@H](C)C[C@H]4OC(C)(C)OC[C@]43C21. The van der Waals surface area contributed by atoms with E-state index in [1.165, 1.54) is 0 Å². The van der Waals surface area contributed by atoms with Gasteiger partial charge in [0.05, 0.1) is 70.9 Å². The molecule has 10 rings (SSSR count). The molecule has 0 aromatic heterocycles. The summed E-state index contributed by atoms with van der Waals surface area (Å²) in [5.41, 5.74) is -4.83. The van der Waals surface area contributed by atoms with Crippen molar-refractivity contribution in [2.75, 3.05) is 75.4 Å². The van der Waals surface area contributed by atoms with Crippen LogP contribution in [0.25, 0.3) is 0 Å². The standard InChI is InChI=1S/C28H48O8.C28H46O8/c2*1-18-11-22-27(15-34-24(2,3)36-22)23-20(8-9-26(27,30)12-18)28(35-17-32-6)10-7-19(14-29)25(28,4)13-21(23)33-16-31-5/h18-23,29-30H,7-17H2,1-6H3;14,18-23,30H,7-13,15-17H2,1-6H3/t2*18-,19+,20?,21+,22+,23?,25+,26-,27+,28-/m00/s1. The first-order valence-corrected chi connectivity index (χ1v) is 27.7. The number of methoxy groups -OCH3 is 4. The van der Waals surface area contributed by atoms with Crippen molar-refractivity contribution in [1.29, 1.82) is 0 Å². The average Bonchev–Trinajstić information content (AvgIpc) is 3.78. The Morgan fingerprint density at radius 2 is 1.00 bits per heavy atom. The van der Waals surface area contributed by atoms with Gasteiger partial charge in [0.25, 0.3) is 0 Å². The molecule has 10 aliphatic rings. The molecular formula is C56H94O16. The third-order valence-electron chi connectivity index (χ3n) is 22.1. The molecule has 16 heteroatoms. The van der Waals surface area contributed by atoms with E-state index in [0.29, 0.717) is 44.3 Å². The molecule has 414 valence electrons. The van der Waals surface area contributed by atoms with Crippen molar-refractivity contribution in [3.8, 4) is 0 Å². The van der Waals surface area contributed by atoms with Crippen LogP contribution in [-0.4, -0.2) is 155 Å². The lowest BCUT2D eigenvalue weighted by molar-refractivity contribution is -0.405. The number of ether oxygens (including phenoxy) is 12. The lowest BCUT2D eigenvalue weighted by atomic mass is 9.39. The first-order valence-electron chi connectivity index (χ1n) is 27.7. The average molecular weight is 1020 g/mol. The monoisotopic (exact) mass is 1020 g/mol. The van der Waals surface area contributed by atoms with E-state index in [-0.39, 0.29) is 99.1 Å². The molecule has 8 aliphatic carbocycles. The van der Waals surface area contributed by atoms with Gasteiger partial charge in [-0.3, -0.25) is 0 Å². The van der Waals surface area contributed by atoms with Crippen molar-refractivity contribution in [3.63, 3.8) is 0 Å². The van der Waals surface area contributed by atoms with Gasteiger partial charge in [-0.05, 0) is 147 Å². The third-order valence-corrected chi connectivity index (χ3v) is 22.1. The Morgan fingerprint density at radius 3 is 1.43 bits per heavy atom. The van der Waals surface area contributed by atoms with Crippen molar-refractivity contribution in [3.05, 3.63) is 0 Å². The third kappa shape index (κ3) is 8.24. The van der Waals surface area contributed by atoms with Gasteiger partial charge in [-0.2, -0.15) is 0 Å². The summed E-state index contributed by atoms with van der Waals surface area (Å²) in [6.45, 7) is 18.5. The lowest BCUT2D eigenvalue weighted by Crippen LogP contribution is -2.78. The van der Waals surface area contributed by atoms with Crippen molar-refractivity contribution in [1.82, 2.24) is 0 Å². The molecule has 16 nitrogen and oxygen atoms in total. The second-order valence-corrected chi connectivity index (χ2v) is 26.2. The summed E-state index contributed by atoms with van der Waals surface area (Å²) in [7, 11) is 6.59. The molecule has 4 unspecified atom stereocenters. The second-order valence-electron chi connectivity index (χ2n) is 26.2. The van der Waals surface area contributed by atoms with E-state index in [2.05, 4.69) is 27.7 Å². The van der Waals surface area contributed by atoms with Crippen molar-refractivity contribution in [2.45, 2.75) is 204 Å². The highest BCUT2D eigenvalue weighted by atomic mass is 16.7. The van der Waals surface area contributed by atoms with Gasteiger partial charge in [-0.15, -0.1) is 0 Å². The molecule has 10 fully saturated rings. The highest BCUT2D eigenvalue weighted by Crippen LogP contribution is 2.75. The summed E-state index contributed by atoms with van der Waals surface area (Å²) in [4.78, 5) is 12.3. The minimum atomic E-state index is -0.930. The van der Waals surface area contributed by atoms with E-state index in [4.69, 9.17) is 56.8 Å². The summed E-state index contributed by atoms with van der Waals surface area (Å²) < 4.78 is 74.4. The zero-order valence-electron chi connectivity index (χ0n) is 46.0. The van der Waals surface area contributed by atoms with Crippen LogP contribution in [0.2, 0.25) is 0 Å². The van der Waals surface area contributed by atoms with E-state index >= 15 is 0 Å². The molecule has 3 N–H and O–H groups in total. The van der Waals surface area contributed by atoms with Gasteiger partial charge in [0.2, 0.25) is 0 Å². The number of aliphatic hydroxyl groups is 3. The van der Waals surface area contributed by atoms with Crippen molar-refractivity contribution >= 4 is 6.29 Å². The smallest absolute Gasteiger partial charge is 0.163 e.